The van der Waals surface area contributed by atoms with Gasteiger partial charge in [-0.3, -0.25) is 9.97 Å². The van der Waals surface area contributed by atoms with E-state index in [2.05, 4.69) is 69.3 Å². The van der Waals surface area contributed by atoms with E-state index in [1.807, 2.05) is 85.1 Å². The van der Waals surface area contributed by atoms with Gasteiger partial charge in [-0.1, -0.05) is 117 Å². The van der Waals surface area contributed by atoms with E-state index in [4.69, 9.17) is 18.8 Å². The standard InChI is InChI=1S/C46H31N2O3.Pt/c1-46(2,3)30-22-28(21-29(23-30)36-24-27(19-20-47-36)26-11-5-4-6-12-26)35-18-17-33-40-31-13-7-10-16-38(31)51-45(40)34-25-39-41(44(49)42(34)43(33)48-35)32-14-8-9-15-37(32)50-39;/h4-20,22-25,49H,1-3H3;/q-1;. The molecule has 0 fully saturated rings. The molecule has 5 nitrogen and oxygen atoms in total. The van der Waals surface area contributed by atoms with E-state index in [-0.39, 0.29) is 32.2 Å². The number of hydrogen-bond donors (Lipinski definition) is 1. The Labute approximate surface area is 313 Å². The van der Waals surface area contributed by atoms with Crippen molar-refractivity contribution in [2.75, 3.05) is 0 Å². The number of nitrogens with zero attached hydrogens (tertiary/aromatic N) is 2. The fourth-order valence-electron chi connectivity index (χ4n) is 7.46. The van der Waals surface area contributed by atoms with Gasteiger partial charge < -0.3 is 13.9 Å². The van der Waals surface area contributed by atoms with Crippen molar-refractivity contribution in [1.82, 2.24) is 9.97 Å². The normalized spacial score (nSPS) is 12.1. The fraction of sp³-hybridized carbons (Fsp3) is 0.0870. The first-order valence-corrected chi connectivity index (χ1v) is 17.1. The van der Waals surface area contributed by atoms with E-state index in [1.54, 1.807) is 0 Å². The van der Waals surface area contributed by atoms with Gasteiger partial charge in [0.05, 0.1) is 16.3 Å². The molecular weight excluding hydrogens is 824 g/mol. The Hall–Kier alpha value is -5.77. The summed E-state index contributed by atoms with van der Waals surface area (Å²) < 4.78 is 12.8. The molecule has 254 valence electrons. The molecule has 4 aromatic heterocycles. The monoisotopic (exact) mass is 854 g/mol. The maximum absolute atomic E-state index is 12.2. The predicted molar refractivity (Wildman–Crippen MR) is 207 cm³/mol. The number of phenolic OH excluding ortho intramolecular Hbond substituents is 1. The van der Waals surface area contributed by atoms with Crippen molar-refractivity contribution in [3.8, 4) is 39.4 Å². The average Bonchev–Trinajstić information content (AvgIpc) is 3.74. The zero-order valence-electron chi connectivity index (χ0n) is 28.6. The van der Waals surface area contributed by atoms with Gasteiger partial charge in [-0.15, -0.1) is 23.8 Å². The van der Waals surface area contributed by atoms with Crippen LogP contribution in [0.5, 0.6) is 5.75 Å². The minimum Gasteiger partial charge on any atom is -0.506 e. The van der Waals surface area contributed by atoms with Crippen LogP contribution in [-0.4, -0.2) is 15.1 Å². The zero-order valence-corrected chi connectivity index (χ0v) is 30.9. The molecule has 0 saturated carbocycles. The number of rotatable bonds is 3. The van der Waals surface area contributed by atoms with Gasteiger partial charge in [0.15, 0.2) is 0 Å². The SMILES string of the molecule is CC(C)(C)c1cc(-c2cc(-c3ccccc3)ccn2)[c-]c(-c2ccc3c(n2)c2c(O)c4c(cc2c2oc5ccccc5c32)oc2ccccc24)c1.[Pt]. The van der Waals surface area contributed by atoms with E-state index in [1.165, 1.54) is 0 Å². The van der Waals surface area contributed by atoms with Crippen LogP contribution in [0.4, 0.5) is 0 Å². The van der Waals surface area contributed by atoms with E-state index in [0.29, 0.717) is 33.0 Å². The Morgan fingerprint density at radius 2 is 1.25 bits per heavy atom. The second-order valence-corrected chi connectivity index (χ2v) is 14.3. The van der Waals surface area contributed by atoms with Gasteiger partial charge in [0.25, 0.3) is 0 Å². The van der Waals surface area contributed by atoms with Crippen LogP contribution in [0.1, 0.15) is 26.3 Å². The van der Waals surface area contributed by atoms with Gasteiger partial charge >= 0.3 is 0 Å². The average molecular weight is 855 g/mol. The van der Waals surface area contributed by atoms with Gasteiger partial charge in [0, 0.05) is 65.6 Å². The molecule has 0 unspecified atom stereocenters. The molecule has 52 heavy (non-hydrogen) atoms. The molecule has 0 amide bonds. The Kier molecular flexibility index (Phi) is 7.36. The van der Waals surface area contributed by atoms with Crippen molar-refractivity contribution in [2.24, 2.45) is 0 Å². The molecule has 0 aliphatic carbocycles. The summed E-state index contributed by atoms with van der Waals surface area (Å²) in [7, 11) is 0. The zero-order chi connectivity index (χ0) is 34.4. The van der Waals surface area contributed by atoms with Crippen LogP contribution in [0.2, 0.25) is 0 Å². The second kappa shape index (κ2) is 11.9. The summed E-state index contributed by atoms with van der Waals surface area (Å²) in [5, 5.41) is 17.9. The quantitative estimate of drug-likeness (QED) is 0.142. The molecule has 10 aromatic rings. The van der Waals surface area contributed by atoms with Crippen LogP contribution in [0, 0.1) is 6.07 Å². The minimum atomic E-state index is -0.146. The Balaban J connectivity index is 0.00000360. The number of benzene rings is 6. The van der Waals surface area contributed by atoms with Crippen molar-refractivity contribution in [3.63, 3.8) is 0 Å². The molecule has 6 heteroatoms. The van der Waals surface area contributed by atoms with Crippen molar-refractivity contribution in [2.45, 2.75) is 26.2 Å². The van der Waals surface area contributed by atoms with Gasteiger partial charge in [-0.2, -0.15) is 0 Å². The van der Waals surface area contributed by atoms with Crippen molar-refractivity contribution < 1.29 is 35.0 Å². The topological polar surface area (TPSA) is 72.3 Å². The number of aromatic hydroxyl groups is 1. The molecule has 0 spiro atoms. The van der Waals surface area contributed by atoms with Crippen LogP contribution < -0.4 is 0 Å². The number of aromatic nitrogens is 2. The molecule has 0 atom stereocenters. The van der Waals surface area contributed by atoms with Crippen LogP contribution in [0.15, 0.2) is 136 Å². The number of pyridine rings is 2. The Bertz CT molecular complexity index is 3030. The van der Waals surface area contributed by atoms with Crippen LogP contribution in [0.25, 0.3) is 99.2 Å². The molecule has 0 aliphatic rings. The first kappa shape index (κ1) is 32.2. The third-order valence-electron chi connectivity index (χ3n) is 10.0. The molecule has 0 saturated heterocycles. The van der Waals surface area contributed by atoms with E-state index in [9.17, 15) is 5.11 Å². The summed E-state index contributed by atoms with van der Waals surface area (Å²) in [6.07, 6.45) is 1.86. The maximum atomic E-state index is 12.2. The maximum Gasteiger partial charge on any atom is 0.144 e. The van der Waals surface area contributed by atoms with Gasteiger partial charge in [0.2, 0.25) is 0 Å². The third kappa shape index (κ3) is 4.95. The molecule has 0 aliphatic heterocycles. The van der Waals surface area contributed by atoms with Crippen molar-refractivity contribution in [3.05, 3.63) is 139 Å². The first-order chi connectivity index (χ1) is 24.8. The molecule has 0 radical (unpaired) electrons. The predicted octanol–water partition coefficient (Wildman–Crippen LogP) is 12.4. The summed E-state index contributed by atoms with van der Waals surface area (Å²) in [6, 6.07) is 44.5. The van der Waals surface area contributed by atoms with Gasteiger partial charge in [-0.25, -0.2) is 0 Å². The van der Waals surface area contributed by atoms with Crippen LogP contribution in [-0.2, 0) is 26.5 Å². The minimum absolute atomic E-state index is 0. The summed E-state index contributed by atoms with van der Waals surface area (Å²) >= 11 is 0. The van der Waals surface area contributed by atoms with Gasteiger partial charge in [-0.05, 0) is 40.8 Å². The molecule has 10 rings (SSSR count). The van der Waals surface area contributed by atoms with Gasteiger partial charge in [0.1, 0.15) is 28.1 Å². The number of para-hydroxylation sites is 2. The summed E-state index contributed by atoms with van der Waals surface area (Å²) in [6.45, 7) is 6.64. The molecule has 6 aromatic carbocycles. The summed E-state index contributed by atoms with van der Waals surface area (Å²) in [4.78, 5) is 10.2. The van der Waals surface area contributed by atoms with E-state index >= 15 is 0 Å². The first-order valence-electron chi connectivity index (χ1n) is 17.1. The molecule has 1 N–H and O–H groups in total. The second-order valence-electron chi connectivity index (χ2n) is 14.3. The summed E-state index contributed by atoms with van der Waals surface area (Å²) in [5.74, 6) is 0.125. The largest absolute Gasteiger partial charge is 0.506 e. The third-order valence-corrected chi connectivity index (χ3v) is 10.0. The number of phenols is 1. The van der Waals surface area contributed by atoms with Crippen LogP contribution in [0.3, 0.4) is 0 Å². The summed E-state index contributed by atoms with van der Waals surface area (Å²) in [5.41, 5.74) is 10.0. The Morgan fingerprint density at radius 1 is 0.577 bits per heavy atom. The van der Waals surface area contributed by atoms with Crippen molar-refractivity contribution in [1.29, 1.82) is 0 Å². The van der Waals surface area contributed by atoms with E-state index in [0.717, 1.165) is 71.7 Å². The fourth-order valence-corrected chi connectivity index (χ4v) is 7.46. The molecule has 4 heterocycles. The number of hydrogen-bond acceptors (Lipinski definition) is 5. The van der Waals surface area contributed by atoms with Crippen molar-refractivity contribution >= 4 is 65.6 Å². The number of furan rings is 2. The molecule has 0 bridgehead atoms. The Morgan fingerprint density at radius 3 is 2.00 bits per heavy atom. The molecular formula is C46H31N2O3Pt-. The number of fused-ring (bicyclic) bond motifs is 11. The smallest absolute Gasteiger partial charge is 0.144 e. The van der Waals surface area contributed by atoms with E-state index < -0.39 is 0 Å². The van der Waals surface area contributed by atoms with Crippen LogP contribution >= 0.6 is 0 Å².